The normalized spacial score (nSPS) is 10.3. The van der Waals surface area contributed by atoms with Crippen LogP contribution in [-0.4, -0.2) is 12.1 Å². The SMILES string of the molecule is NN=Cc1ccc(C(N)=O)cc1. The van der Waals surface area contributed by atoms with Gasteiger partial charge in [0, 0.05) is 5.56 Å². The Morgan fingerprint density at radius 1 is 1.33 bits per heavy atom. The number of hydrogen-bond donors (Lipinski definition) is 2. The largest absolute Gasteiger partial charge is 0.366 e. The molecule has 0 aliphatic carbocycles. The van der Waals surface area contributed by atoms with E-state index in [1.165, 1.54) is 6.21 Å². The molecule has 0 aliphatic rings. The second-order valence-electron chi connectivity index (χ2n) is 2.26. The van der Waals surface area contributed by atoms with Gasteiger partial charge < -0.3 is 11.6 Å². The zero-order chi connectivity index (χ0) is 8.97. The van der Waals surface area contributed by atoms with Gasteiger partial charge in [-0.1, -0.05) is 12.1 Å². The molecule has 4 nitrogen and oxygen atoms in total. The summed E-state index contributed by atoms with van der Waals surface area (Å²) in [6.07, 6.45) is 1.49. The van der Waals surface area contributed by atoms with E-state index in [-0.39, 0.29) is 0 Å². The second kappa shape index (κ2) is 3.52. The molecule has 0 unspecified atom stereocenters. The number of carbonyl (C=O) groups is 1. The molecule has 1 rings (SSSR count). The zero-order valence-electron chi connectivity index (χ0n) is 6.40. The Bertz CT molecular complexity index is 303. The third-order valence-electron chi connectivity index (χ3n) is 1.42. The van der Waals surface area contributed by atoms with Crippen LogP contribution in [0.2, 0.25) is 0 Å². The Balaban J connectivity index is 2.93. The summed E-state index contributed by atoms with van der Waals surface area (Å²) < 4.78 is 0. The summed E-state index contributed by atoms with van der Waals surface area (Å²) in [7, 11) is 0. The van der Waals surface area contributed by atoms with Crippen molar-refractivity contribution in [1.82, 2.24) is 0 Å². The number of nitrogens with two attached hydrogens (primary N) is 2. The summed E-state index contributed by atoms with van der Waals surface area (Å²) >= 11 is 0. The molecule has 0 spiro atoms. The highest BCUT2D eigenvalue weighted by Crippen LogP contribution is 2.00. The first-order valence-corrected chi connectivity index (χ1v) is 3.37. The molecule has 1 amide bonds. The van der Waals surface area contributed by atoms with Gasteiger partial charge in [-0.3, -0.25) is 4.79 Å². The molecule has 4 N–H and O–H groups in total. The first-order chi connectivity index (χ1) is 5.74. The van der Waals surface area contributed by atoms with Gasteiger partial charge >= 0.3 is 0 Å². The van der Waals surface area contributed by atoms with E-state index in [0.717, 1.165) is 5.56 Å². The summed E-state index contributed by atoms with van der Waals surface area (Å²) in [5.74, 6) is 4.50. The molecule has 1 aromatic carbocycles. The molecular weight excluding hydrogens is 154 g/mol. The quantitative estimate of drug-likeness (QED) is 0.367. The van der Waals surface area contributed by atoms with Crippen LogP contribution in [0.5, 0.6) is 0 Å². The Kier molecular flexibility index (Phi) is 2.42. The van der Waals surface area contributed by atoms with Gasteiger partial charge in [-0.05, 0) is 17.7 Å². The number of carbonyl (C=O) groups excluding carboxylic acids is 1. The van der Waals surface area contributed by atoms with E-state index in [4.69, 9.17) is 11.6 Å². The lowest BCUT2D eigenvalue weighted by Crippen LogP contribution is -2.10. The van der Waals surface area contributed by atoms with Crippen LogP contribution in [0.4, 0.5) is 0 Å². The summed E-state index contributed by atoms with van der Waals surface area (Å²) in [5.41, 5.74) is 6.35. The first-order valence-electron chi connectivity index (χ1n) is 3.37. The molecule has 4 heteroatoms. The molecule has 0 bridgehead atoms. The smallest absolute Gasteiger partial charge is 0.248 e. The van der Waals surface area contributed by atoms with E-state index >= 15 is 0 Å². The number of nitrogens with zero attached hydrogens (tertiary/aromatic N) is 1. The first kappa shape index (κ1) is 8.26. The lowest BCUT2D eigenvalue weighted by atomic mass is 10.1. The average molecular weight is 163 g/mol. The van der Waals surface area contributed by atoms with Crippen molar-refractivity contribution < 1.29 is 4.79 Å². The molecule has 0 atom stereocenters. The number of benzene rings is 1. The van der Waals surface area contributed by atoms with Crippen LogP contribution in [0.15, 0.2) is 29.4 Å². The van der Waals surface area contributed by atoms with Gasteiger partial charge in [0.15, 0.2) is 0 Å². The van der Waals surface area contributed by atoms with Gasteiger partial charge in [0.1, 0.15) is 0 Å². The highest BCUT2D eigenvalue weighted by Gasteiger charge is 1.97. The van der Waals surface area contributed by atoms with E-state index in [1.807, 2.05) is 0 Å². The molecule has 0 saturated heterocycles. The molecule has 1 aromatic rings. The Morgan fingerprint density at radius 2 is 1.92 bits per heavy atom. The minimum atomic E-state index is -0.439. The van der Waals surface area contributed by atoms with Gasteiger partial charge in [0.25, 0.3) is 0 Å². The van der Waals surface area contributed by atoms with Crippen molar-refractivity contribution in [2.75, 3.05) is 0 Å². The molecule has 0 radical (unpaired) electrons. The van der Waals surface area contributed by atoms with Crippen molar-refractivity contribution in [1.29, 1.82) is 0 Å². The van der Waals surface area contributed by atoms with Crippen LogP contribution in [0.3, 0.4) is 0 Å². The predicted octanol–water partition coefficient (Wildman–Crippen LogP) is 0.0781. The number of rotatable bonds is 2. The number of hydrazone groups is 1. The van der Waals surface area contributed by atoms with Gasteiger partial charge in [0.05, 0.1) is 6.21 Å². The Hall–Kier alpha value is -1.84. The predicted molar refractivity (Wildman–Crippen MR) is 46.7 cm³/mol. The Labute approximate surface area is 69.9 Å². The summed E-state index contributed by atoms with van der Waals surface area (Å²) in [6.45, 7) is 0. The summed E-state index contributed by atoms with van der Waals surface area (Å²) in [6, 6.07) is 6.69. The van der Waals surface area contributed by atoms with E-state index in [9.17, 15) is 4.79 Å². The molecule has 12 heavy (non-hydrogen) atoms. The molecule has 0 aromatic heterocycles. The van der Waals surface area contributed by atoms with Crippen molar-refractivity contribution in [2.24, 2.45) is 16.7 Å². The standard InChI is InChI=1S/C8H9N3O/c9-8(12)7-3-1-6(2-4-7)5-11-10/h1-5H,10H2,(H2,9,12). The fraction of sp³-hybridized carbons (Fsp3) is 0. The summed E-state index contributed by atoms with van der Waals surface area (Å²) in [5, 5.41) is 3.34. The minimum absolute atomic E-state index is 0.439. The van der Waals surface area contributed by atoms with E-state index in [2.05, 4.69) is 5.10 Å². The van der Waals surface area contributed by atoms with Crippen LogP contribution >= 0.6 is 0 Å². The number of amides is 1. The highest BCUT2D eigenvalue weighted by molar-refractivity contribution is 5.93. The van der Waals surface area contributed by atoms with Gasteiger partial charge in [-0.15, -0.1) is 0 Å². The molecule has 62 valence electrons. The second-order valence-corrected chi connectivity index (χ2v) is 2.26. The average Bonchev–Trinajstić information content (AvgIpc) is 2.06. The summed E-state index contributed by atoms with van der Waals surface area (Å²) in [4.78, 5) is 10.6. The lowest BCUT2D eigenvalue weighted by molar-refractivity contribution is 0.100. The van der Waals surface area contributed by atoms with Crippen LogP contribution in [-0.2, 0) is 0 Å². The van der Waals surface area contributed by atoms with Crippen molar-refractivity contribution in [2.45, 2.75) is 0 Å². The van der Waals surface area contributed by atoms with Crippen molar-refractivity contribution >= 4 is 12.1 Å². The monoisotopic (exact) mass is 163 g/mol. The van der Waals surface area contributed by atoms with Crippen LogP contribution in [0.1, 0.15) is 15.9 Å². The van der Waals surface area contributed by atoms with Crippen LogP contribution in [0, 0.1) is 0 Å². The number of primary amides is 1. The lowest BCUT2D eigenvalue weighted by Gasteiger charge is -1.94. The van der Waals surface area contributed by atoms with Crippen LogP contribution in [0.25, 0.3) is 0 Å². The maximum absolute atomic E-state index is 10.6. The third-order valence-corrected chi connectivity index (χ3v) is 1.42. The Morgan fingerprint density at radius 3 is 2.33 bits per heavy atom. The fourth-order valence-electron chi connectivity index (χ4n) is 0.820. The maximum Gasteiger partial charge on any atom is 0.248 e. The van der Waals surface area contributed by atoms with Crippen molar-refractivity contribution in [3.05, 3.63) is 35.4 Å². The fourth-order valence-corrected chi connectivity index (χ4v) is 0.820. The molecule has 0 saturated carbocycles. The highest BCUT2D eigenvalue weighted by atomic mass is 16.1. The molecule has 0 heterocycles. The maximum atomic E-state index is 10.6. The van der Waals surface area contributed by atoms with Gasteiger partial charge in [0.2, 0.25) is 5.91 Å². The van der Waals surface area contributed by atoms with Crippen LogP contribution < -0.4 is 11.6 Å². The van der Waals surface area contributed by atoms with Gasteiger partial charge in [-0.25, -0.2) is 0 Å². The third kappa shape index (κ3) is 1.82. The van der Waals surface area contributed by atoms with Crippen molar-refractivity contribution in [3.8, 4) is 0 Å². The molecule has 0 aliphatic heterocycles. The minimum Gasteiger partial charge on any atom is -0.366 e. The van der Waals surface area contributed by atoms with E-state index < -0.39 is 5.91 Å². The van der Waals surface area contributed by atoms with Gasteiger partial charge in [-0.2, -0.15) is 5.10 Å². The molecule has 0 fully saturated rings. The van der Waals surface area contributed by atoms with E-state index in [0.29, 0.717) is 5.56 Å². The van der Waals surface area contributed by atoms with Crippen molar-refractivity contribution in [3.63, 3.8) is 0 Å². The van der Waals surface area contributed by atoms with E-state index in [1.54, 1.807) is 24.3 Å². The zero-order valence-corrected chi connectivity index (χ0v) is 6.40. The molecular formula is C8H9N3O. The number of hydrogen-bond acceptors (Lipinski definition) is 3. The topological polar surface area (TPSA) is 81.5 Å².